The van der Waals surface area contributed by atoms with Gasteiger partial charge in [-0.2, -0.15) is 0 Å². The molecule has 2 aliphatic heterocycles. The van der Waals surface area contributed by atoms with Crippen molar-refractivity contribution in [2.75, 3.05) is 0 Å². The van der Waals surface area contributed by atoms with Crippen LogP contribution in [-0.2, 0) is 0 Å². The van der Waals surface area contributed by atoms with E-state index in [1.165, 1.54) is 36.4 Å². The van der Waals surface area contributed by atoms with E-state index in [4.69, 9.17) is 0 Å². The molecule has 0 unspecified atom stereocenters. The summed E-state index contributed by atoms with van der Waals surface area (Å²) in [6, 6.07) is 11.7. The maximum atomic E-state index is 15.8. The molecule has 6 N–H and O–H groups in total. The second-order valence-corrected chi connectivity index (χ2v) is 13.7. The molecule has 2 aliphatic rings. The number of H-pyrrole nitrogens is 2. The summed E-state index contributed by atoms with van der Waals surface area (Å²) in [7, 11) is 0. The van der Waals surface area contributed by atoms with E-state index in [1.807, 2.05) is 0 Å². The van der Waals surface area contributed by atoms with Crippen molar-refractivity contribution in [3.63, 3.8) is 0 Å². The van der Waals surface area contributed by atoms with Gasteiger partial charge in [-0.1, -0.05) is 12.1 Å². The number of aromatic nitrogens is 4. The van der Waals surface area contributed by atoms with Gasteiger partial charge in [0.15, 0.2) is 46.5 Å². The van der Waals surface area contributed by atoms with Crippen molar-refractivity contribution in [3.05, 3.63) is 142 Å². The molecule has 0 saturated heterocycles. The lowest BCUT2D eigenvalue weighted by atomic mass is 10.0. The van der Waals surface area contributed by atoms with E-state index in [2.05, 4.69) is 19.9 Å². The fourth-order valence-corrected chi connectivity index (χ4v) is 7.48. The van der Waals surface area contributed by atoms with Gasteiger partial charge >= 0.3 is 0 Å². The second kappa shape index (κ2) is 14.3. The van der Waals surface area contributed by atoms with Gasteiger partial charge in [0.05, 0.1) is 45.0 Å². The summed E-state index contributed by atoms with van der Waals surface area (Å²) in [5.74, 6) is -25.6. The number of aromatic amines is 2. The largest absolute Gasteiger partial charge is 0.507 e. The molecule has 8 bridgehead atoms. The topological polar surface area (TPSA) is 138 Å². The summed E-state index contributed by atoms with van der Waals surface area (Å²) in [5.41, 5.74) is -8.26. The third kappa shape index (κ3) is 5.85. The minimum atomic E-state index is -2.46. The van der Waals surface area contributed by atoms with Crippen LogP contribution in [0, 0.1) is 58.2 Å². The molecule has 9 rings (SSSR count). The molecule has 0 saturated carbocycles. The van der Waals surface area contributed by atoms with E-state index >= 15 is 17.6 Å². The van der Waals surface area contributed by atoms with Crippen LogP contribution in [-0.4, -0.2) is 40.4 Å². The molecule has 0 atom stereocenters. The van der Waals surface area contributed by atoms with Gasteiger partial charge in [-0.3, -0.25) is 0 Å². The molecule has 3 aromatic heterocycles. The Morgan fingerprint density at radius 1 is 0.290 bits per heavy atom. The third-order valence-corrected chi connectivity index (χ3v) is 10.2. The third-order valence-electron chi connectivity index (χ3n) is 10.2. The Kier molecular flexibility index (Phi) is 9.11. The number of fused-ring (bicyclic) bond motifs is 8. The zero-order valence-electron chi connectivity index (χ0n) is 30.5. The monoisotopic (exact) mass is 858 g/mol. The number of phenolic OH excluding ortho intramolecular Hbond substituents is 4. The van der Waals surface area contributed by atoms with Gasteiger partial charge in [0.1, 0.15) is 23.0 Å². The molecule has 0 radical (unpaired) electrons. The van der Waals surface area contributed by atoms with Crippen LogP contribution < -0.4 is 0 Å². The van der Waals surface area contributed by atoms with Crippen LogP contribution in [0.4, 0.5) is 43.9 Å². The lowest BCUT2D eigenvalue weighted by molar-refractivity contribution is 0.381. The molecule has 7 aromatic rings. The molecule has 8 nitrogen and oxygen atoms in total. The SMILES string of the molecule is Oc1cccc(O)c1-c1c2nc(c(-c3c(F)c(F)c(F)c(F)c3F)c3ccc([nH]3)c(-c3c(O)cccc3O)c3nc(c(-c4c(F)c(F)c(F)c(F)c4F)c4ccc1[nH]4)C=C3)C=C2. The molecule has 0 fully saturated rings. The van der Waals surface area contributed by atoms with Crippen LogP contribution in [0.2, 0.25) is 0 Å². The van der Waals surface area contributed by atoms with Crippen LogP contribution in [0.15, 0.2) is 60.7 Å². The number of phenols is 4. The van der Waals surface area contributed by atoms with Crippen molar-refractivity contribution < 1.29 is 64.3 Å². The Labute approximate surface area is 339 Å². The van der Waals surface area contributed by atoms with E-state index in [0.29, 0.717) is 0 Å². The predicted molar refractivity (Wildman–Crippen MR) is 207 cm³/mol. The average Bonchev–Trinajstić information content (AvgIpc) is 4.10. The molecule has 18 heteroatoms. The van der Waals surface area contributed by atoms with E-state index in [9.17, 15) is 46.8 Å². The van der Waals surface area contributed by atoms with E-state index in [1.54, 1.807) is 0 Å². The van der Waals surface area contributed by atoms with Crippen molar-refractivity contribution in [1.82, 2.24) is 19.9 Å². The molecule has 0 spiro atoms. The highest BCUT2D eigenvalue weighted by Gasteiger charge is 2.32. The van der Waals surface area contributed by atoms with E-state index in [-0.39, 0.29) is 55.7 Å². The minimum Gasteiger partial charge on any atom is -0.507 e. The first-order valence-electron chi connectivity index (χ1n) is 17.8. The molecule has 0 amide bonds. The van der Waals surface area contributed by atoms with Crippen molar-refractivity contribution in [2.45, 2.75) is 0 Å². The highest BCUT2D eigenvalue weighted by atomic mass is 19.2. The molecule has 4 aromatic carbocycles. The Morgan fingerprint density at radius 2 is 0.516 bits per heavy atom. The van der Waals surface area contributed by atoms with Crippen molar-refractivity contribution >= 4 is 46.4 Å². The number of hydrogen-bond acceptors (Lipinski definition) is 6. The second-order valence-electron chi connectivity index (χ2n) is 13.7. The number of rotatable bonds is 4. The lowest BCUT2D eigenvalue weighted by Crippen LogP contribution is -2.05. The molecular formula is C44H20F10N4O4. The predicted octanol–water partition coefficient (Wildman–Crippen LogP) is 11.5. The summed E-state index contributed by atoms with van der Waals surface area (Å²) in [4.78, 5) is 14.5. The smallest absolute Gasteiger partial charge is 0.200 e. The zero-order valence-corrected chi connectivity index (χ0v) is 30.5. The lowest BCUT2D eigenvalue weighted by Gasteiger charge is -2.11. The summed E-state index contributed by atoms with van der Waals surface area (Å²) in [6.07, 6.45) is 4.53. The van der Waals surface area contributed by atoms with Gasteiger partial charge in [-0.15, -0.1) is 0 Å². The maximum absolute atomic E-state index is 15.8. The quantitative estimate of drug-likeness (QED) is 0.0592. The van der Waals surface area contributed by atoms with Crippen LogP contribution in [0.5, 0.6) is 23.0 Å². The summed E-state index contributed by atoms with van der Waals surface area (Å²) < 4.78 is 152. The summed E-state index contributed by atoms with van der Waals surface area (Å²) in [6.45, 7) is 0. The van der Waals surface area contributed by atoms with E-state index in [0.717, 1.165) is 48.6 Å². The van der Waals surface area contributed by atoms with Crippen molar-refractivity contribution in [3.8, 4) is 67.5 Å². The van der Waals surface area contributed by atoms with Crippen LogP contribution in [0.1, 0.15) is 22.8 Å². The number of aromatic hydroxyl groups is 4. The number of halogens is 10. The van der Waals surface area contributed by atoms with Gasteiger partial charge in [0.25, 0.3) is 0 Å². The Bertz CT molecular complexity index is 3060. The molecule has 310 valence electrons. The first kappa shape index (κ1) is 39.4. The van der Waals surface area contributed by atoms with Gasteiger partial charge in [0.2, 0.25) is 11.6 Å². The average molecular weight is 859 g/mol. The zero-order chi connectivity index (χ0) is 44.0. The number of nitrogens with one attached hydrogen (secondary N) is 2. The first-order chi connectivity index (χ1) is 29.6. The van der Waals surface area contributed by atoms with Crippen LogP contribution in [0.25, 0.3) is 90.9 Å². The Balaban J connectivity index is 1.57. The number of benzene rings is 4. The fraction of sp³-hybridized carbons (Fsp3) is 0. The molecule has 5 heterocycles. The van der Waals surface area contributed by atoms with Gasteiger partial charge in [-0.05, 0) is 72.8 Å². The normalized spacial score (nSPS) is 12.2. The summed E-state index contributed by atoms with van der Waals surface area (Å²) in [5, 5.41) is 44.3. The molecule has 62 heavy (non-hydrogen) atoms. The fourth-order valence-electron chi connectivity index (χ4n) is 7.48. The van der Waals surface area contributed by atoms with E-state index < -0.39 is 115 Å². The highest BCUT2D eigenvalue weighted by molar-refractivity contribution is 6.02. The maximum Gasteiger partial charge on any atom is 0.200 e. The highest BCUT2D eigenvalue weighted by Crippen LogP contribution is 2.46. The van der Waals surface area contributed by atoms with Crippen LogP contribution >= 0.6 is 0 Å². The van der Waals surface area contributed by atoms with Gasteiger partial charge in [-0.25, -0.2) is 53.9 Å². The number of hydrogen-bond donors (Lipinski definition) is 6. The van der Waals surface area contributed by atoms with Gasteiger partial charge in [0, 0.05) is 44.3 Å². The standard InChI is InChI=1S/C44H20F10N4O4/c45-35-33(36(46)40(50)43(53)39(35)49)29-19-11-7-15(55-19)27(31-23(59)3-1-4-24(31)60)16-8-12-20(56-16)30(34-37(47)41(51)44(54)42(52)38(34)48)22-14-10-18(58-22)28(17-9-13-21(29)57-17)32-25(61)5-2-6-26(32)62/h1-14,55,58-62H. The van der Waals surface area contributed by atoms with Crippen molar-refractivity contribution in [2.24, 2.45) is 0 Å². The van der Waals surface area contributed by atoms with Crippen LogP contribution in [0.3, 0.4) is 0 Å². The minimum absolute atomic E-state index is 0.187. The Morgan fingerprint density at radius 3 is 0.774 bits per heavy atom. The molecule has 0 aliphatic carbocycles. The summed E-state index contributed by atoms with van der Waals surface area (Å²) >= 11 is 0. The van der Waals surface area contributed by atoms with Gasteiger partial charge < -0.3 is 30.4 Å². The molecular weight excluding hydrogens is 838 g/mol. The van der Waals surface area contributed by atoms with Crippen molar-refractivity contribution in [1.29, 1.82) is 0 Å². The number of nitrogens with zero attached hydrogens (tertiary/aromatic N) is 2. The first-order valence-corrected chi connectivity index (χ1v) is 17.8. The Hall–Kier alpha value is -8.02.